The van der Waals surface area contributed by atoms with E-state index < -0.39 is 5.54 Å². The standard InChI is InChI=1S/C24H35N5O2/c1-15(2)28-11-7-10-24(6,13-28)29-21(18(5)30)16(3)12-19(23(29)31)8-9-20-17(4)22(25)27-14-26-20/h12,14-15H,7-11,13H2,1-6H3,(H2,25,26,27). The van der Waals surface area contributed by atoms with Gasteiger partial charge in [-0.25, -0.2) is 9.97 Å². The molecule has 0 amide bonds. The van der Waals surface area contributed by atoms with Crippen LogP contribution in [0.15, 0.2) is 17.2 Å². The number of aromatic nitrogens is 3. The third kappa shape index (κ3) is 4.56. The lowest BCUT2D eigenvalue weighted by atomic mass is 9.88. The fourth-order valence-corrected chi connectivity index (χ4v) is 4.83. The maximum Gasteiger partial charge on any atom is 0.254 e. The number of hydrogen-bond acceptors (Lipinski definition) is 6. The zero-order valence-corrected chi connectivity index (χ0v) is 19.7. The van der Waals surface area contributed by atoms with Gasteiger partial charge in [0.2, 0.25) is 0 Å². The molecule has 168 valence electrons. The Morgan fingerprint density at radius 1 is 1.26 bits per heavy atom. The summed E-state index contributed by atoms with van der Waals surface area (Å²) in [6.07, 6.45) is 4.48. The molecule has 2 aromatic heterocycles. The van der Waals surface area contributed by atoms with Crippen LogP contribution in [0.4, 0.5) is 5.82 Å². The summed E-state index contributed by atoms with van der Waals surface area (Å²) in [4.78, 5) is 37.1. The van der Waals surface area contributed by atoms with Crippen molar-refractivity contribution in [3.05, 3.63) is 50.8 Å². The highest BCUT2D eigenvalue weighted by molar-refractivity contribution is 5.94. The van der Waals surface area contributed by atoms with E-state index in [9.17, 15) is 9.59 Å². The predicted octanol–water partition coefficient (Wildman–Crippen LogP) is 3.04. The molecule has 1 aliphatic heterocycles. The van der Waals surface area contributed by atoms with Gasteiger partial charge < -0.3 is 5.73 Å². The number of rotatable bonds is 6. The number of anilines is 1. The van der Waals surface area contributed by atoms with E-state index in [1.54, 1.807) is 11.5 Å². The Hall–Kier alpha value is -2.54. The van der Waals surface area contributed by atoms with E-state index in [1.807, 2.05) is 19.9 Å². The minimum absolute atomic E-state index is 0.0661. The molecular weight excluding hydrogens is 390 g/mol. The first-order valence-corrected chi connectivity index (χ1v) is 11.1. The first kappa shape index (κ1) is 23.1. The fourth-order valence-electron chi connectivity index (χ4n) is 4.83. The number of hydrogen-bond donors (Lipinski definition) is 1. The van der Waals surface area contributed by atoms with E-state index in [0.717, 1.165) is 42.8 Å². The van der Waals surface area contributed by atoms with Crippen molar-refractivity contribution in [1.29, 1.82) is 0 Å². The average Bonchev–Trinajstić information content (AvgIpc) is 2.70. The Labute approximate surface area is 184 Å². The van der Waals surface area contributed by atoms with Crippen molar-refractivity contribution in [1.82, 2.24) is 19.4 Å². The second-order valence-corrected chi connectivity index (χ2v) is 9.39. The van der Waals surface area contributed by atoms with Crippen LogP contribution in [0.5, 0.6) is 0 Å². The number of carbonyl (C=O) groups excluding carboxylic acids is 1. The van der Waals surface area contributed by atoms with Crippen LogP contribution < -0.4 is 11.3 Å². The van der Waals surface area contributed by atoms with Crippen LogP contribution in [0.1, 0.15) is 73.4 Å². The Balaban J connectivity index is 2.06. The molecule has 1 saturated heterocycles. The Bertz CT molecular complexity index is 1040. The molecule has 0 spiro atoms. The normalized spacial score (nSPS) is 19.7. The van der Waals surface area contributed by atoms with Crippen molar-refractivity contribution in [2.24, 2.45) is 0 Å². The lowest BCUT2D eigenvalue weighted by Gasteiger charge is -2.44. The molecule has 0 saturated carbocycles. The third-order valence-corrected chi connectivity index (χ3v) is 6.63. The van der Waals surface area contributed by atoms with Crippen molar-refractivity contribution >= 4 is 11.6 Å². The monoisotopic (exact) mass is 425 g/mol. The Morgan fingerprint density at radius 2 is 1.97 bits per heavy atom. The van der Waals surface area contributed by atoms with E-state index in [-0.39, 0.29) is 11.3 Å². The van der Waals surface area contributed by atoms with E-state index in [0.29, 0.717) is 36.0 Å². The van der Waals surface area contributed by atoms with Gasteiger partial charge in [-0.15, -0.1) is 0 Å². The van der Waals surface area contributed by atoms with E-state index >= 15 is 0 Å². The number of likely N-dealkylation sites (tertiary alicyclic amines) is 1. The zero-order chi connectivity index (χ0) is 22.9. The van der Waals surface area contributed by atoms with E-state index in [2.05, 4.69) is 35.6 Å². The summed E-state index contributed by atoms with van der Waals surface area (Å²) in [5.41, 5.74) is 9.22. The number of nitrogens with two attached hydrogens (primary N) is 1. The summed E-state index contributed by atoms with van der Waals surface area (Å²) in [5, 5.41) is 0. The van der Waals surface area contributed by atoms with Gasteiger partial charge in [0, 0.05) is 36.3 Å². The molecule has 1 unspecified atom stereocenters. The molecule has 0 aromatic carbocycles. The van der Waals surface area contributed by atoms with Gasteiger partial charge in [0.1, 0.15) is 12.1 Å². The largest absolute Gasteiger partial charge is 0.383 e. The molecule has 1 fully saturated rings. The van der Waals surface area contributed by atoms with Crippen LogP contribution in [-0.2, 0) is 18.4 Å². The molecule has 3 rings (SSSR count). The number of piperidine rings is 1. The first-order chi connectivity index (χ1) is 14.5. The molecule has 0 bridgehead atoms. The van der Waals surface area contributed by atoms with Crippen molar-refractivity contribution in [2.45, 2.75) is 78.8 Å². The van der Waals surface area contributed by atoms with Gasteiger partial charge >= 0.3 is 0 Å². The first-order valence-electron chi connectivity index (χ1n) is 11.1. The second kappa shape index (κ2) is 8.91. The maximum atomic E-state index is 13.7. The van der Waals surface area contributed by atoms with Crippen molar-refractivity contribution in [2.75, 3.05) is 18.8 Å². The van der Waals surface area contributed by atoms with Crippen molar-refractivity contribution in [3.63, 3.8) is 0 Å². The van der Waals surface area contributed by atoms with Crippen LogP contribution in [0.25, 0.3) is 0 Å². The topological polar surface area (TPSA) is 94.1 Å². The van der Waals surface area contributed by atoms with Gasteiger partial charge in [-0.3, -0.25) is 19.1 Å². The summed E-state index contributed by atoms with van der Waals surface area (Å²) in [6.45, 7) is 13.6. The minimum Gasteiger partial charge on any atom is -0.383 e. The highest BCUT2D eigenvalue weighted by Gasteiger charge is 2.37. The molecule has 2 N–H and O–H groups in total. The van der Waals surface area contributed by atoms with Crippen molar-refractivity contribution < 1.29 is 4.79 Å². The second-order valence-electron chi connectivity index (χ2n) is 9.39. The minimum atomic E-state index is -0.420. The van der Waals surface area contributed by atoms with E-state index in [4.69, 9.17) is 5.73 Å². The van der Waals surface area contributed by atoms with Crippen LogP contribution in [0.2, 0.25) is 0 Å². The predicted molar refractivity (Wildman–Crippen MR) is 124 cm³/mol. The fraction of sp³-hybridized carbons (Fsp3) is 0.583. The molecular formula is C24H35N5O2. The maximum absolute atomic E-state index is 13.7. The zero-order valence-electron chi connectivity index (χ0n) is 19.7. The van der Waals surface area contributed by atoms with E-state index in [1.165, 1.54) is 6.33 Å². The number of nitrogens with zero attached hydrogens (tertiary/aromatic N) is 4. The quantitative estimate of drug-likeness (QED) is 0.715. The van der Waals surface area contributed by atoms with Gasteiger partial charge in [0.25, 0.3) is 5.56 Å². The molecule has 1 aliphatic rings. The molecule has 3 heterocycles. The van der Waals surface area contributed by atoms with Crippen LogP contribution in [-0.4, -0.2) is 44.3 Å². The number of pyridine rings is 1. The molecule has 0 aliphatic carbocycles. The Kier molecular flexibility index (Phi) is 6.65. The third-order valence-electron chi connectivity index (χ3n) is 6.63. The molecule has 7 heteroatoms. The summed E-state index contributed by atoms with van der Waals surface area (Å²) in [7, 11) is 0. The highest BCUT2D eigenvalue weighted by atomic mass is 16.1. The van der Waals surface area contributed by atoms with Gasteiger partial charge in [-0.2, -0.15) is 0 Å². The summed E-state index contributed by atoms with van der Waals surface area (Å²) in [6, 6.07) is 2.27. The van der Waals surface area contributed by atoms with Crippen LogP contribution >= 0.6 is 0 Å². The number of aryl methyl sites for hydroxylation is 3. The number of nitrogen functional groups attached to an aromatic ring is 1. The lowest BCUT2D eigenvalue weighted by molar-refractivity contribution is 0.0767. The van der Waals surface area contributed by atoms with Gasteiger partial charge in [0.15, 0.2) is 5.78 Å². The van der Waals surface area contributed by atoms with Crippen LogP contribution in [0, 0.1) is 13.8 Å². The average molecular weight is 426 g/mol. The van der Waals surface area contributed by atoms with Gasteiger partial charge in [0.05, 0.1) is 11.2 Å². The highest BCUT2D eigenvalue weighted by Crippen LogP contribution is 2.31. The molecule has 0 radical (unpaired) electrons. The van der Waals surface area contributed by atoms with Gasteiger partial charge in [-0.05, 0) is 78.5 Å². The number of ketones is 1. The Morgan fingerprint density at radius 3 is 2.61 bits per heavy atom. The smallest absolute Gasteiger partial charge is 0.254 e. The summed E-state index contributed by atoms with van der Waals surface area (Å²) >= 11 is 0. The number of Topliss-reactive ketones (excluding diaryl/α,β-unsaturated/α-hetero) is 1. The van der Waals surface area contributed by atoms with Gasteiger partial charge in [-0.1, -0.05) is 0 Å². The molecule has 1 atom stereocenters. The van der Waals surface area contributed by atoms with Crippen LogP contribution in [0.3, 0.4) is 0 Å². The summed E-state index contributed by atoms with van der Waals surface area (Å²) < 4.78 is 1.80. The molecule has 2 aromatic rings. The summed E-state index contributed by atoms with van der Waals surface area (Å²) in [5.74, 6) is 0.400. The number of carbonyl (C=O) groups is 1. The lowest BCUT2D eigenvalue weighted by Crippen LogP contribution is -2.54. The molecule has 7 nitrogen and oxygen atoms in total. The molecule has 31 heavy (non-hydrogen) atoms. The van der Waals surface area contributed by atoms with Crippen molar-refractivity contribution in [3.8, 4) is 0 Å². The SMILES string of the molecule is CC(=O)c1c(C)cc(CCc2ncnc(N)c2C)c(=O)n1C1(C)CCCN(C(C)C)C1.